The third kappa shape index (κ3) is 6.92. The van der Waals surface area contributed by atoms with Crippen LogP contribution in [0.15, 0.2) is 30.3 Å². The lowest BCUT2D eigenvalue weighted by Crippen LogP contribution is -2.38. The Labute approximate surface area is 148 Å². The number of likely N-dealkylation sites (tertiary alicyclic amines) is 1. The summed E-state index contributed by atoms with van der Waals surface area (Å²) < 4.78 is 0. The Morgan fingerprint density at radius 3 is 2.50 bits per heavy atom. The summed E-state index contributed by atoms with van der Waals surface area (Å²) in [5, 5.41) is 14.4. The van der Waals surface area contributed by atoms with E-state index in [1.165, 1.54) is 64.6 Å². The summed E-state index contributed by atoms with van der Waals surface area (Å²) >= 11 is 0. The van der Waals surface area contributed by atoms with E-state index in [0.29, 0.717) is 0 Å². The van der Waals surface area contributed by atoms with E-state index < -0.39 is 6.10 Å². The van der Waals surface area contributed by atoms with Crippen LogP contribution in [-0.4, -0.2) is 42.2 Å². The van der Waals surface area contributed by atoms with Crippen LogP contribution in [0.25, 0.3) is 0 Å². The van der Waals surface area contributed by atoms with Crippen molar-refractivity contribution < 1.29 is 5.11 Å². The topological polar surface area (TPSA) is 35.5 Å². The molecule has 2 rings (SSSR count). The predicted octanol–water partition coefficient (Wildman–Crippen LogP) is 4.13. The van der Waals surface area contributed by atoms with Gasteiger partial charge in [0.2, 0.25) is 0 Å². The Kier molecular flexibility index (Phi) is 9.40. The fourth-order valence-corrected chi connectivity index (χ4v) is 3.64. The first-order valence-corrected chi connectivity index (χ1v) is 10.00. The third-order valence-electron chi connectivity index (χ3n) is 5.15. The number of aliphatic hydroxyl groups is 1. The zero-order chi connectivity index (χ0) is 17.0. The minimum atomic E-state index is -0.405. The fraction of sp³-hybridized carbons (Fsp3) is 0.714. The molecule has 0 saturated carbocycles. The van der Waals surface area contributed by atoms with Crippen molar-refractivity contribution in [3.8, 4) is 0 Å². The Bertz CT molecular complexity index is 417. The molecule has 1 aliphatic rings. The molecular weight excluding hydrogens is 296 g/mol. The van der Waals surface area contributed by atoms with Crippen LogP contribution in [0.3, 0.4) is 0 Å². The molecule has 3 nitrogen and oxygen atoms in total. The zero-order valence-corrected chi connectivity index (χ0v) is 15.4. The first-order chi connectivity index (χ1) is 11.8. The highest BCUT2D eigenvalue weighted by molar-refractivity contribution is 5.18. The van der Waals surface area contributed by atoms with Gasteiger partial charge in [-0.1, -0.05) is 62.9 Å². The van der Waals surface area contributed by atoms with Crippen molar-refractivity contribution in [2.75, 3.05) is 26.2 Å². The van der Waals surface area contributed by atoms with Gasteiger partial charge in [-0.3, -0.25) is 0 Å². The molecular formula is C21H36N2O. The van der Waals surface area contributed by atoms with Crippen LogP contribution < -0.4 is 5.32 Å². The second-order valence-corrected chi connectivity index (χ2v) is 7.17. The van der Waals surface area contributed by atoms with Crippen LogP contribution in [0, 0.1) is 0 Å². The third-order valence-corrected chi connectivity index (χ3v) is 5.15. The molecule has 1 aromatic carbocycles. The number of hydrogen-bond donors (Lipinski definition) is 2. The largest absolute Gasteiger partial charge is 0.387 e. The van der Waals surface area contributed by atoms with E-state index in [-0.39, 0.29) is 6.04 Å². The van der Waals surface area contributed by atoms with Gasteiger partial charge < -0.3 is 15.3 Å². The molecule has 136 valence electrons. The fourth-order valence-electron chi connectivity index (χ4n) is 3.64. The molecule has 24 heavy (non-hydrogen) atoms. The van der Waals surface area contributed by atoms with E-state index in [9.17, 15) is 5.11 Å². The van der Waals surface area contributed by atoms with Gasteiger partial charge in [-0.25, -0.2) is 0 Å². The monoisotopic (exact) mass is 332 g/mol. The van der Waals surface area contributed by atoms with Gasteiger partial charge in [0.15, 0.2) is 0 Å². The number of unbranched alkanes of at least 4 members (excludes halogenated alkanes) is 2. The second kappa shape index (κ2) is 11.6. The molecule has 2 atom stereocenters. The van der Waals surface area contributed by atoms with E-state index in [1.54, 1.807) is 0 Å². The zero-order valence-electron chi connectivity index (χ0n) is 15.4. The number of rotatable bonds is 11. The van der Waals surface area contributed by atoms with Crippen LogP contribution in [0.2, 0.25) is 0 Å². The van der Waals surface area contributed by atoms with E-state index in [1.807, 2.05) is 30.3 Å². The molecule has 0 aliphatic carbocycles. The number of aliphatic hydroxyl groups excluding tert-OH is 1. The Balaban J connectivity index is 1.76. The lowest BCUT2D eigenvalue weighted by atomic mass is 9.97. The number of benzene rings is 1. The lowest BCUT2D eigenvalue weighted by molar-refractivity contribution is 0.121. The minimum absolute atomic E-state index is 0.167. The maximum absolute atomic E-state index is 10.8. The van der Waals surface area contributed by atoms with Crippen molar-refractivity contribution in [1.82, 2.24) is 10.2 Å². The van der Waals surface area contributed by atoms with Gasteiger partial charge in [-0.15, -0.1) is 0 Å². The van der Waals surface area contributed by atoms with Crippen LogP contribution in [0.5, 0.6) is 0 Å². The molecule has 2 N–H and O–H groups in total. The summed E-state index contributed by atoms with van der Waals surface area (Å²) in [4.78, 5) is 2.59. The maximum atomic E-state index is 10.8. The SMILES string of the molecule is CCCCCC(NCCCN1CCCCC1)C(O)c1ccccc1. The normalized spacial score (nSPS) is 18.4. The summed E-state index contributed by atoms with van der Waals surface area (Å²) in [5.41, 5.74) is 1.03. The molecule has 1 heterocycles. The lowest BCUT2D eigenvalue weighted by Gasteiger charge is -2.28. The van der Waals surface area contributed by atoms with Crippen LogP contribution in [0.1, 0.15) is 70.0 Å². The average molecular weight is 333 g/mol. The molecule has 3 heteroatoms. The van der Waals surface area contributed by atoms with Crippen molar-refractivity contribution >= 4 is 0 Å². The van der Waals surface area contributed by atoms with E-state index in [2.05, 4.69) is 17.1 Å². The Morgan fingerprint density at radius 2 is 1.79 bits per heavy atom. The summed E-state index contributed by atoms with van der Waals surface area (Å²) in [6.07, 6.45) is 9.59. The molecule has 1 aliphatic heterocycles. The summed E-state index contributed by atoms with van der Waals surface area (Å²) in [5.74, 6) is 0. The van der Waals surface area contributed by atoms with E-state index in [4.69, 9.17) is 0 Å². The predicted molar refractivity (Wildman–Crippen MR) is 102 cm³/mol. The van der Waals surface area contributed by atoms with Gasteiger partial charge in [0.05, 0.1) is 6.10 Å². The number of nitrogens with one attached hydrogen (secondary N) is 1. The maximum Gasteiger partial charge on any atom is 0.0942 e. The van der Waals surface area contributed by atoms with Gasteiger partial charge >= 0.3 is 0 Å². The highest BCUT2D eigenvalue weighted by atomic mass is 16.3. The van der Waals surface area contributed by atoms with Crippen LogP contribution in [-0.2, 0) is 0 Å². The number of hydrogen-bond acceptors (Lipinski definition) is 3. The van der Waals surface area contributed by atoms with Gasteiger partial charge in [0, 0.05) is 6.04 Å². The second-order valence-electron chi connectivity index (χ2n) is 7.17. The highest BCUT2D eigenvalue weighted by Crippen LogP contribution is 2.20. The van der Waals surface area contributed by atoms with Gasteiger partial charge in [0.1, 0.15) is 0 Å². The molecule has 0 bridgehead atoms. The van der Waals surface area contributed by atoms with E-state index >= 15 is 0 Å². The molecule has 0 spiro atoms. The number of nitrogens with zero attached hydrogens (tertiary/aromatic N) is 1. The molecule has 0 amide bonds. The number of piperidine rings is 1. The smallest absolute Gasteiger partial charge is 0.0942 e. The summed E-state index contributed by atoms with van der Waals surface area (Å²) in [6, 6.07) is 10.3. The summed E-state index contributed by atoms with van der Waals surface area (Å²) in [7, 11) is 0. The quantitative estimate of drug-likeness (QED) is 0.598. The standard InChI is InChI=1S/C21H36N2O/c1-2-3-6-14-20(21(24)19-12-7-4-8-13-19)22-15-11-18-23-16-9-5-10-17-23/h4,7-8,12-13,20-22,24H,2-3,5-6,9-11,14-18H2,1H3. The summed E-state index contributed by atoms with van der Waals surface area (Å²) in [6.45, 7) is 6.96. The van der Waals surface area contributed by atoms with Crippen molar-refractivity contribution in [2.45, 2.75) is 70.4 Å². The van der Waals surface area contributed by atoms with Gasteiger partial charge in [0.25, 0.3) is 0 Å². The first kappa shape index (κ1) is 19.4. The van der Waals surface area contributed by atoms with Crippen molar-refractivity contribution in [1.29, 1.82) is 0 Å². The van der Waals surface area contributed by atoms with Gasteiger partial charge in [-0.2, -0.15) is 0 Å². The molecule has 1 fully saturated rings. The molecule has 1 aromatic rings. The first-order valence-electron chi connectivity index (χ1n) is 10.00. The van der Waals surface area contributed by atoms with Gasteiger partial charge in [-0.05, 0) is 57.4 Å². The average Bonchev–Trinajstić information content (AvgIpc) is 2.65. The minimum Gasteiger partial charge on any atom is -0.387 e. The molecule has 0 aromatic heterocycles. The Morgan fingerprint density at radius 1 is 1.04 bits per heavy atom. The van der Waals surface area contributed by atoms with Crippen LogP contribution in [0.4, 0.5) is 0 Å². The van der Waals surface area contributed by atoms with Crippen molar-refractivity contribution in [3.63, 3.8) is 0 Å². The molecule has 2 unspecified atom stereocenters. The van der Waals surface area contributed by atoms with E-state index in [0.717, 1.165) is 18.5 Å². The molecule has 1 saturated heterocycles. The van der Waals surface area contributed by atoms with Crippen LogP contribution >= 0.6 is 0 Å². The highest BCUT2D eigenvalue weighted by Gasteiger charge is 2.20. The molecule has 0 radical (unpaired) electrons. The van der Waals surface area contributed by atoms with Crippen molar-refractivity contribution in [2.24, 2.45) is 0 Å². The Hall–Kier alpha value is -0.900. The van der Waals surface area contributed by atoms with Crippen molar-refractivity contribution in [3.05, 3.63) is 35.9 Å².